The highest BCUT2D eigenvalue weighted by molar-refractivity contribution is 5.38. The van der Waals surface area contributed by atoms with E-state index >= 15 is 0 Å². The third kappa shape index (κ3) is 1.50. The van der Waals surface area contributed by atoms with Crippen molar-refractivity contribution in [1.29, 1.82) is 0 Å². The first-order valence-corrected chi connectivity index (χ1v) is 4.02. The second-order valence-corrected chi connectivity index (χ2v) is 2.46. The lowest BCUT2D eigenvalue weighted by atomic mass is 10.2. The number of aryl methyl sites for hydroxylation is 2. The van der Waals surface area contributed by atoms with Gasteiger partial charge in [-0.15, -0.1) is 0 Å². The van der Waals surface area contributed by atoms with Crippen LogP contribution in [0, 0.1) is 0 Å². The fourth-order valence-corrected chi connectivity index (χ4v) is 1.15. The van der Waals surface area contributed by atoms with E-state index in [-0.39, 0.29) is 0 Å². The van der Waals surface area contributed by atoms with Crippen LogP contribution in [0.4, 0.5) is 0 Å². The minimum absolute atomic E-state index is 0.888. The van der Waals surface area contributed by atoms with E-state index in [2.05, 4.69) is 30.4 Å². The number of rotatable bonds is 3. The Labute approximate surface area is 67.4 Å². The molecule has 60 valence electrons. The van der Waals surface area contributed by atoms with Gasteiger partial charge in [0.2, 0.25) is 0 Å². The Morgan fingerprint density at radius 2 is 2.18 bits per heavy atom. The first-order valence-electron chi connectivity index (χ1n) is 4.02. The molecule has 0 bridgehead atoms. The van der Waals surface area contributed by atoms with E-state index in [4.69, 9.17) is 0 Å². The van der Waals surface area contributed by atoms with Crippen LogP contribution < -0.4 is 0 Å². The number of hydrogen-bond acceptors (Lipinski definition) is 1. The lowest BCUT2D eigenvalue weighted by molar-refractivity contribution is 0.979. The molecule has 0 unspecified atom stereocenters. The van der Waals surface area contributed by atoms with Crippen molar-refractivity contribution in [3.8, 4) is 0 Å². The SMILES string of the molecule is C=Cc1nc(CC)c(CC)[nH]1. The fourth-order valence-electron chi connectivity index (χ4n) is 1.15. The second kappa shape index (κ2) is 3.37. The molecule has 0 spiro atoms. The number of aromatic amines is 1. The van der Waals surface area contributed by atoms with Gasteiger partial charge in [-0.3, -0.25) is 0 Å². The maximum atomic E-state index is 4.34. The van der Waals surface area contributed by atoms with Gasteiger partial charge >= 0.3 is 0 Å². The Hall–Kier alpha value is -1.05. The van der Waals surface area contributed by atoms with Crippen molar-refractivity contribution in [2.45, 2.75) is 26.7 Å². The largest absolute Gasteiger partial charge is 0.342 e. The molecule has 0 saturated heterocycles. The Bertz CT molecular complexity index is 227. The first kappa shape index (κ1) is 8.05. The van der Waals surface area contributed by atoms with Gasteiger partial charge in [0, 0.05) is 5.69 Å². The summed E-state index contributed by atoms with van der Waals surface area (Å²) in [4.78, 5) is 7.55. The second-order valence-electron chi connectivity index (χ2n) is 2.46. The minimum Gasteiger partial charge on any atom is -0.342 e. The normalized spacial score (nSPS) is 10.0. The quantitative estimate of drug-likeness (QED) is 0.703. The summed E-state index contributed by atoms with van der Waals surface area (Å²) in [5, 5.41) is 0. The Kier molecular flexibility index (Phi) is 2.47. The van der Waals surface area contributed by atoms with Crippen LogP contribution in [0.5, 0.6) is 0 Å². The molecule has 0 aliphatic rings. The van der Waals surface area contributed by atoms with Crippen LogP contribution >= 0.6 is 0 Å². The maximum absolute atomic E-state index is 4.34. The number of hydrogen-bond donors (Lipinski definition) is 1. The highest BCUT2D eigenvalue weighted by atomic mass is 14.9. The Morgan fingerprint density at radius 3 is 2.55 bits per heavy atom. The van der Waals surface area contributed by atoms with Crippen LogP contribution in [-0.2, 0) is 12.8 Å². The molecule has 0 atom stereocenters. The number of imidazole rings is 1. The average molecular weight is 150 g/mol. The van der Waals surface area contributed by atoms with Gasteiger partial charge < -0.3 is 4.98 Å². The van der Waals surface area contributed by atoms with Crippen LogP contribution in [0.3, 0.4) is 0 Å². The molecule has 11 heavy (non-hydrogen) atoms. The molecule has 0 aliphatic heterocycles. The van der Waals surface area contributed by atoms with Crippen LogP contribution in [0.2, 0.25) is 0 Å². The minimum atomic E-state index is 0.888. The standard InChI is InChI=1S/C9H14N2/c1-4-7-8(5-2)11-9(6-3)10-7/h6H,3-5H2,1-2H3,(H,10,11). The number of nitrogens with zero attached hydrogens (tertiary/aromatic N) is 1. The molecular weight excluding hydrogens is 136 g/mol. The summed E-state index contributed by atoms with van der Waals surface area (Å²) in [6, 6.07) is 0. The van der Waals surface area contributed by atoms with E-state index in [9.17, 15) is 0 Å². The van der Waals surface area contributed by atoms with Crippen molar-refractivity contribution in [1.82, 2.24) is 9.97 Å². The van der Waals surface area contributed by atoms with Gasteiger partial charge in [0.05, 0.1) is 5.69 Å². The summed E-state index contributed by atoms with van der Waals surface area (Å²) >= 11 is 0. The number of nitrogens with one attached hydrogen (secondary N) is 1. The third-order valence-corrected chi connectivity index (χ3v) is 1.76. The lowest BCUT2D eigenvalue weighted by Gasteiger charge is -1.91. The number of H-pyrrole nitrogens is 1. The molecule has 1 rings (SSSR count). The predicted molar refractivity (Wildman–Crippen MR) is 47.4 cm³/mol. The summed E-state index contributed by atoms with van der Waals surface area (Å²) in [5.41, 5.74) is 2.41. The van der Waals surface area contributed by atoms with Gasteiger partial charge in [0.15, 0.2) is 0 Å². The van der Waals surface area contributed by atoms with Crippen LogP contribution in [-0.4, -0.2) is 9.97 Å². The zero-order valence-electron chi connectivity index (χ0n) is 7.15. The molecule has 2 nitrogen and oxygen atoms in total. The van der Waals surface area contributed by atoms with Crippen LogP contribution in [0.1, 0.15) is 31.1 Å². The molecular formula is C9H14N2. The fraction of sp³-hybridized carbons (Fsp3) is 0.444. The van der Waals surface area contributed by atoms with E-state index in [0.717, 1.165) is 18.7 Å². The summed E-state index contributed by atoms with van der Waals surface area (Å²) in [5.74, 6) is 0.888. The summed E-state index contributed by atoms with van der Waals surface area (Å²) in [6.45, 7) is 7.90. The zero-order chi connectivity index (χ0) is 8.27. The van der Waals surface area contributed by atoms with Gasteiger partial charge in [-0.05, 0) is 18.9 Å². The van der Waals surface area contributed by atoms with E-state index in [0.29, 0.717) is 0 Å². The van der Waals surface area contributed by atoms with E-state index < -0.39 is 0 Å². The Balaban J connectivity index is 3.01. The molecule has 1 aromatic heterocycles. The monoisotopic (exact) mass is 150 g/mol. The van der Waals surface area contributed by atoms with Gasteiger partial charge in [0.1, 0.15) is 5.82 Å². The molecule has 2 heteroatoms. The molecule has 0 fully saturated rings. The van der Waals surface area contributed by atoms with Crippen molar-refractivity contribution in [3.63, 3.8) is 0 Å². The smallest absolute Gasteiger partial charge is 0.129 e. The topological polar surface area (TPSA) is 28.7 Å². The van der Waals surface area contributed by atoms with Crippen molar-refractivity contribution in [2.75, 3.05) is 0 Å². The highest BCUT2D eigenvalue weighted by Gasteiger charge is 2.03. The molecule has 1 heterocycles. The molecule has 1 N–H and O–H groups in total. The average Bonchev–Trinajstić information content (AvgIpc) is 2.46. The molecule has 0 aromatic carbocycles. The van der Waals surface area contributed by atoms with Crippen molar-refractivity contribution >= 4 is 6.08 Å². The molecule has 1 aromatic rings. The number of aromatic nitrogens is 2. The molecule has 0 saturated carbocycles. The van der Waals surface area contributed by atoms with Crippen LogP contribution in [0.15, 0.2) is 6.58 Å². The third-order valence-electron chi connectivity index (χ3n) is 1.76. The van der Waals surface area contributed by atoms with E-state index in [1.165, 1.54) is 11.4 Å². The van der Waals surface area contributed by atoms with Crippen molar-refractivity contribution in [2.24, 2.45) is 0 Å². The summed E-state index contributed by atoms with van der Waals surface area (Å²) in [6.07, 6.45) is 3.76. The van der Waals surface area contributed by atoms with Gasteiger partial charge in [0.25, 0.3) is 0 Å². The van der Waals surface area contributed by atoms with Crippen molar-refractivity contribution < 1.29 is 0 Å². The lowest BCUT2D eigenvalue weighted by Crippen LogP contribution is -1.87. The molecule has 0 radical (unpaired) electrons. The summed E-state index contributed by atoms with van der Waals surface area (Å²) in [7, 11) is 0. The first-order chi connectivity index (χ1) is 5.31. The zero-order valence-corrected chi connectivity index (χ0v) is 7.15. The highest BCUT2D eigenvalue weighted by Crippen LogP contribution is 2.08. The molecule has 0 aliphatic carbocycles. The van der Waals surface area contributed by atoms with E-state index in [1.54, 1.807) is 6.08 Å². The van der Waals surface area contributed by atoms with Gasteiger partial charge in [-0.25, -0.2) is 4.98 Å². The summed E-state index contributed by atoms with van der Waals surface area (Å²) < 4.78 is 0. The van der Waals surface area contributed by atoms with Crippen LogP contribution in [0.25, 0.3) is 6.08 Å². The van der Waals surface area contributed by atoms with Gasteiger partial charge in [-0.1, -0.05) is 20.4 Å². The molecule has 0 amide bonds. The van der Waals surface area contributed by atoms with Crippen molar-refractivity contribution in [3.05, 3.63) is 23.8 Å². The van der Waals surface area contributed by atoms with Gasteiger partial charge in [-0.2, -0.15) is 0 Å². The predicted octanol–water partition coefficient (Wildman–Crippen LogP) is 2.18. The Morgan fingerprint density at radius 1 is 1.45 bits per heavy atom. The maximum Gasteiger partial charge on any atom is 0.129 e. The van der Waals surface area contributed by atoms with E-state index in [1.807, 2.05) is 0 Å².